The minimum absolute atomic E-state index is 0. The van der Waals surface area contributed by atoms with Crippen molar-refractivity contribution in [1.82, 2.24) is 20.2 Å². The van der Waals surface area contributed by atoms with E-state index in [9.17, 15) is 0 Å². The number of rotatable bonds is 3. The van der Waals surface area contributed by atoms with Crippen LogP contribution < -0.4 is 15.1 Å². The monoisotopic (exact) mass is 507 g/mol. The molecule has 0 spiro atoms. The van der Waals surface area contributed by atoms with E-state index in [1.165, 1.54) is 29.7 Å². The molecule has 1 fully saturated rings. The van der Waals surface area contributed by atoms with Crippen LogP contribution in [0, 0.1) is 0 Å². The highest BCUT2D eigenvalue weighted by atomic mass is 127. The van der Waals surface area contributed by atoms with Gasteiger partial charge in [0.15, 0.2) is 5.96 Å². The summed E-state index contributed by atoms with van der Waals surface area (Å²) in [4.78, 5) is 20.1. The minimum atomic E-state index is 0. The smallest absolute Gasteiger partial charge is 0.225 e. The molecule has 1 N–H and O–H groups in total. The third-order valence-corrected chi connectivity index (χ3v) is 5.57. The van der Waals surface area contributed by atoms with E-state index in [0.717, 1.165) is 51.2 Å². The quantitative estimate of drug-likeness (QED) is 0.391. The van der Waals surface area contributed by atoms with Gasteiger partial charge in [0.1, 0.15) is 0 Å². The molecular formula is C21H30IN7. The predicted octanol–water partition coefficient (Wildman–Crippen LogP) is 2.37. The minimum Gasteiger partial charge on any atom is -0.374 e. The van der Waals surface area contributed by atoms with Crippen molar-refractivity contribution < 1.29 is 0 Å². The van der Waals surface area contributed by atoms with E-state index in [1.54, 1.807) is 12.4 Å². The molecular weight excluding hydrogens is 477 g/mol. The molecule has 0 saturated carbocycles. The highest BCUT2D eigenvalue weighted by Crippen LogP contribution is 2.26. The van der Waals surface area contributed by atoms with Crippen LogP contribution in [0.25, 0.3) is 0 Å². The molecule has 2 aliphatic heterocycles. The van der Waals surface area contributed by atoms with Gasteiger partial charge in [0.05, 0.1) is 0 Å². The zero-order valence-electron chi connectivity index (χ0n) is 17.2. The van der Waals surface area contributed by atoms with Crippen molar-refractivity contribution in [3.63, 3.8) is 0 Å². The molecule has 3 heterocycles. The molecule has 2 aliphatic rings. The number of aliphatic imine (C=N–C) groups is 1. The largest absolute Gasteiger partial charge is 0.374 e. The van der Waals surface area contributed by atoms with E-state index >= 15 is 0 Å². The zero-order chi connectivity index (χ0) is 19.3. The third kappa shape index (κ3) is 5.09. The SMILES string of the molecule is CN=C(NCc1ccc2c(c1)CCCN2C)N1CCN(c2ncccn2)CC1.I. The van der Waals surface area contributed by atoms with Gasteiger partial charge in [-0.05, 0) is 36.1 Å². The first-order valence-electron chi connectivity index (χ1n) is 10.0. The van der Waals surface area contributed by atoms with Crippen LogP contribution in [0.1, 0.15) is 17.5 Å². The number of fused-ring (bicyclic) bond motifs is 1. The van der Waals surface area contributed by atoms with Crippen molar-refractivity contribution in [3.05, 3.63) is 47.8 Å². The lowest BCUT2D eigenvalue weighted by Gasteiger charge is -2.36. The summed E-state index contributed by atoms with van der Waals surface area (Å²) in [5.41, 5.74) is 4.14. The standard InChI is InChI=1S/C21H29N7.HI/c1-22-20(27-11-13-28(14-12-27)21-23-8-4-9-24-21)25-16-17-6-7-19-18(15-17)5-3-10-26(19)2;/h4,6-9,15H,3,5,10-14,16H2,1-2H3,(H,22,25);1H. The Kier molecular flexibility index (Phi) is 7.51. The number of piperazine rings is 1. The topological polar surface area (TPSA) is 59.9 Å². The first kappa shape index (κ1) is 21.6. The lowest BCUT2D eigenvalue weighted by molar-refractivity contribution is 0.370. The van der Waals surface area contributed by atoms with E-state index in [0.29, 0.717) is 0 Å². The van der Waals surface area contributed by atoms with Crippen LogP contribution in [-0.4, -0.2) is 67.6 Å². The maximum atomic E-state index is 4.50. The Hall–Kier alpha value is -2.10. The fourth-order valence-corrected chi connectivity index (χ4v) is 4.03. The van der Waals surface area contributed by atoms with Crippen molar-refractivity contribution in [2.45, 2.75) is 19.4 Å². The molecule has 4 rings (SSSR count). The summed E-state index contributed by atoms with van der Waals surface area (Å²) >= 11 is 0. The van der Waals surface area contributed by atoms with Gasteiger partial charge in [-0.2, -0.15) is 0 Å². The van der Waals surface area contributed by atoms with Crippen molar-refractivity contribution in [2.75, 3.05) is 56.6 Å². The summed E-state index contributed by atoms with van der Waals surface area (Å²) in [6, 6.07) is 8.68. The number of nitrogens with zero attached hydrogens (tertiary/aromatic N) is 6. The van der Waals surface area contributed by atoms with Gasteiger partial charge in [0.2, 0.25) is 5.95 Å². The number of hydrogen-bond acceptors (Lipinski definition) is 5. The molecule has 0 aliphatic carbocycles. The number of aryl methyl sites for hydroxylation is 1. The Balaban J connectivity index is 0.00000240. The third-order valence-electron chi connectivity index (χ3n) is 5.57. The van der Waals surface area contributed by atoms with Crippen LogP contribution in [0.4, 0.5) is 11.6 Å². The highest BCUT2D eigenvalue weighted by molar-refractivity contribution is 14.0. The average molecular weight is 507 g/mol. The second kappa shape index (κ2) is 10.1. The van der Waals surface area contributed by atoms with Crippen molar-refractivity contribution in [1.29, 1.82) is 0 Å². The second-order valence-electron chi connectivity index (χ2n) is 7.41. The molecule has 7 nitrogen and oxygen atoms in total. The molecule has 29 heavy (non-hydrogen) atoms. The summed E-state index contributed by atoms with van der Waals surface area (Å²) in [5, 5.41) is 3.54. The normalized spacial score (nSPS) is 16.9. The Morgan fingerprint density at radius 2 is 1.86 bits per heavy atom. The summed E-state index contributed by atoms with van der Waals surface area (Å²) in [6.07, 6.45) is 6.00. The molecule has 0 bridgehead atoms. The molecule has 1 saturated heterocycles. The molecule has 8 heteroatoms. The average Bonchev–Trinajstić information content (AvgIpc) is 2.75. The molecule has 1 aromatic carbocycles. The van der Waals surface area contributed by atoms with E-state index in [2.05, 4.69) is 60.2 Å². The fraction of sp³-hybridized carbons (Fsp3) is 0.476. The van der Waals surface area contributed by atoms with Crippen LogP contribution in [0.2, 0.25) is 0 Å². The fourth-order valence-electron chi connectivity index (χ4n) is 4.03. The van der Waals surface area contributed by atoms with Gasteiger partial charge >= 0.3 is 0 Å². The summed E-state index contributed by atoms with van der Waals surface area (Å²) in [5.74, 6) is 1.77. The number of aromatic nitrogens is 2. The van der Waals surface area contributed by atoms with Gasteiger partial charge in [-0.3, -0.25) is 4.99 Å². The zero-order valence-corrected chi connectivity index (χ0v) is 19.5. The van der Waals surface area contributed by atoms with Gasteiger partial charge in [0.25, 0.3) is 0 Å². The summed E-state index contributed by atoms with van der Waals surface area (Å²) in [6.45, 7) is 5.56. The highest BCUT2D eigenvalue weighted by Gasteiger charge is 2.21. The van der Waals surface area contributed by atoms with Crippen LogP contribution in [0.5, 0.6) is 0 Å². The van der Waals surface area contributed by atoms with Crippen LogP contribution in [0.15, 0.2) is 41.7 Å². The van der Waals surface area contributed by atoms with Gasteiger partial charge in [-0.1, -0.05) is 12.1 Å². The second-order valence-corrected chi connectivity index (χ2v) is 7.41. The number of anilines is 2. The Labute approximate surface area is 190 Å². The molecule has 0 radical (unpaired) electrons. The number of guanidine groups is 1. The van der Waals surface area contributed by atoms with Crippen LogP contribution in [0.3, 0.4) is 0 Å². The molecule has 1 aromatic heterocycles. The number of benzene rings is 1. The van der Waals surface area contributed by atoms with E-state index < -0.39 is 0 Å². The molecule has 156 valence electrons. The van der Waals surface area contributed by atoms with Crippen molar-refractivity contribution in [3.8, 4) is 0 Å². The molecule has 0 atom stereocenters. The van der Waals surface area contributed by atoms with Crippen LogP contribution >= 0.6 is 24.0 Å². The lowest BCUT2D eigenvalue weighted by atomic mass is 9.99. The molecule has 2 aromatic rings. The van der Waals surface area contributed by atoms with E-state index in [-0.39, 0.29) is 24.0 Å². The first-order valence-corrected chi connectivity index (χ1v) is 10.0. The maximum Gasteiger partial charge on any atom is 0.225 e. The maximum absolute atomic E-state index is 4.50. The molecule has 0 unspecified atom stereocenters. The van der Waals surface area contributed by atoms with Crippen molar-refractivity contribution in [2.24, 2.45) is 4.99 Å². The number of halogens is 1. The Morgan fingerprint density at radius 3 is 2.59 bits per heavy atom. The summed E-state index contributed by atoms with van der Waals surface area (Å²) < 4.78 is 0. The Morgan fingerprint density at radius 1 is 1.10 bits per heavy atom. The van der Waals surface area contributed by atoms with E-state index in [4.69, 9.17) is 0 Å². The van der Waals surface area contributed by atoms with Gasteiger partial charge < -0.3 is 20.0 Å². The van der Waals surface area contributed by atoms with E-state index in [1.807, 2.05) is 13.1 Å². The number of nitrogens with one attached hydrogen (secondary N) is 1. The van der Waals surface area contributed by atoms with Gasteiger partial charge in [-0.15, -0.1) is 24.0 Å². The van der Waals surface area contributed by atoms with Crippen LogP contribution in [-0.2, 0) is 13.0 Å². The molecule has 0 amide bonds. The Bertz CT molecular complexity index is 819. The number of hydrogen-bond donors (Lipinski definition) is 1. The first-order chi connectivity index (χ1) is 13.7. The van der Waals surface area contributed by atoms with Gasteiger partial charge in [0, 0.05) is 71.4 Å². The lowest BCUT2D eigenvalue weighted by Crippen LogP contribution is -2.52. The summed E-state index contributed by atoms with van der Waals surface area (Å²) in [7, 11) is 4.04. The van der Waals surface area contributed by atoms with Crippen molar-refractivity contribution >= 4 is 41.6 Å². The predicted molar refractivity (Wildman–Crippen MR) is 129 cm³/mol. The van der Waals surface area contributed by atoms with Gasteiger partial charge in [-0.25, -0.2) is 9.97 Å².